The van der Waals surface area contributed by atoms with Gasteiger partial charge >= 0.3 is 0 Å². The molecule has 3 heteroatoms. The molecule has 0 bridgehead atoms. The predicted octanol–water partition coefficient (Wildman–Crippen LogP) is 14.7. The van der Waals surface area contributed by atoms with Crippen LogP contribution < -0.4 is 9.47 Å². The Morgan fingerprint density at radius 3 is 1.26 bits per heavy atom. The first-order chi connectivity index (χ1) is 24.8. The van der Waals surface area contributed by atoms with Crippen molar-refractivity contribution >= 4 is 0 Å². The van der Waals surface area contributed by atoms with E-state index >= 15 is 0 Å². The minimum absolute atomic E-state index is 0.799. The van der Waals surface area contributed by atoms with Gasteiger partial charge in [-0.3, -0.25) is 4.90 Å². The highest BCUT2D eigenvalue weighted by Gasteiger charge is 2.13. The van der Waals surface area contributed by atoms with Gasteiger partial charge in [0.2, 0.25) is 0 Å². The van der Waals surface area contributed by atoms with Crippen LogP contribution in [0.1, 0.15) is 186 Å². The average Bonchev–Trinajstić information content (AvgIpc) is 3.64. The summed E-state index contributed by atoms with van der Waals surface area (Å²) >= 11 is 0. The zero-order chi connectivity index (χ0) is 35.4. The predicted molar refractivity (Wildman–Crippen MR) is 221 cm³/mol. The molecule has 0 amide bonds. The van der Waals surface area contributed by atoms with Crippen LogP contribution in [-0.4, -0.2) is 31.2 Å². The van der Waals surface area contributed by atoms with Crippen LogP contribution in [0.15, 0.2) is 66.8 Å². The van der Waals surface area contributed by atoms with Gasteiger partial charge in [0.1, 0.15) is 11.5 Å². The van der Waals surface area contributed by atoms with Crippen LogP contribution in [0.2, 0.25) is 0 Å². The number of unbranched alkanes of at least 4 members (excludes halogenated alkanes) is 18. The SMILES string of the molecule is CCCCC/C=C\C/C=C\CCCCCCCCOc1cc(CN2CCCC2)cc(OCCCCCCCC/C=C\C/C=C\CCCCC)c1. The van der Waals surface area contributed by atoms with Crippen LogP contribution >= 0.6 is 0 Å². The van der Waals surface area contributed by atoms with Crippen molar-refractivity contribution in [2.75, 3.05) is 26.3 Å². The van der Waals surface area contributed by atoms with Crippen molar-refractivity contribution in [3.63, 3.8) is 0 Å². The zero-order valence-corrected chi connectivity index (χ0v) is 33.0. The quantitative estimate of drug-likeness (QED) is 0.0531. The molecule has 0 radical (unpaired) electrons. The van der Waals surface area contributed by atoms with Crippen LogP contribution in [0.3, 0.4) is 0 Å². The van der Waals surface area contributed by atoms with Gasteiger partial charge in [-0.25, -0.2) is 0 Å². The molecule has 1 aromatic rings. The fourth-order valence-electron chi connectivity index (χ4n) is 6.65. The van der Waals surface area contributed by atoms with Gasteiger partial charge in [0.25, 0.3) is 0 Å². The van der Waals surface area contributed by atoms with E-state index in [2.05, 4.69) is 85.6 Å². The summed E-state index contributed by atoms with van der Waals surface area (Å²) < 4.78 is 12.6. The van der Waals surface area contributed by atoms with E-state index in [0.29, 0.717) is 0 Å². The van der Waals surface area contributed by atoms with Gasteiger partial charge in [0, 0.05) is 12.6 Å². The first-order valence-corrected chi connectivity index (χ1v) is 21.5. The fraction of sp³-hybridized carbons (Fsp3) is 0.702. The molecule has 50 heavy (non-hydrogen) atoms. The highest BCUT2D eigenvalue weighted by molar-refractivity contribution is 5.38. The topological polar surface area (TPSA) is 21.7 Å². The zero-order valence-electron chi connectivity index (χ0n) is 33.0. The molecule has 0 aromatic heterocycles. The number of benzene rings is 1. The molecule has 3 nitrogen and oxygen atoms in total. The highest BCUT2D eigenvalue weighted by atomic mass is 16.5. The van der Waals surface area contributed by atoms with Gasteiger partial charge in [-0.1, -0.05) is 140 Å². The van der Waals surface area contributed by atoms with E-state index in [1.54, 1.807) is 0 Å². The number of hydrogen-bond acceptors (Lipinski definition) is 3. The molecule has 0 N–H and O–H groups in total. The van der Waals surface area contributed by atoms with E-state index in [4.69, 9.17) is 9.47 Å². The lowest BCUT2D eigenvalue weighted by Gasteiger charge is -2.17. The van der Waals surface area contributed by atoms with Crippen LogP contribution in [0.4, 0.5) is 0 Å². The lowest BCUT2D eigenvalue weighted by molar-refractivity contribution is 0.286. The minimum Gasteiger partial charge on any atom is -0.493 e. The third-order valence-electron chi connectivity index (χ3n) is 9.77. The monoisotopic (exact) mass is 690 g/mol. The Labute approximate surface area is 311 Å². The summed E-state index contributed by atoms with van der Waals surface area (Å²) in [6, 6.07) is 6.63. The molecule has 284 valence electrons. The smallest absolute Gasteiger partial charge is 0.123 e. The lowest BCUT2D eigenvalue weighted by atomic mass is 10.1. The second-order valence-electron chi connectivity index (χ2n) is 14.7. The molecule has 1 saturated heterocycles. The maximum Gasteiger partial charge on any atom is 0.123 e. The van der Waals surface area contributed by atoms with Crippen molar-refractivity contribution in [3.05, 3.63) is 72.4 Å². The Hall–Kier alpha value is -2.26. The number of nitrogens with zero attached hydrogens (tertiary/aromatic N) is 1. The number of allylic oxidation sites excluding steroid dienone is 8. The minimum atomic E-state index is 0.799. The van der Waals surface area contributed by atoms with E-state index < -0.39 is 0 Å². The lowest BCUT2D eigenvalue weighted by Crippen LogP contribution is -2.18. The van der Waals surface area contributed by atoms with Crippen molar-refractivity contribution in [1.82, 2.24) is 4.90 Å². The molecule has 1 aliphatic rings. The molecule has 1 aliphatic heterocycles. The van der Waals surface area contributed by atoms with E-state index in [0.717, 1.165) is 56.9 Å². The van der Waals surface area contributed by atoms with Crippen molar-refractivity contribution in [3.8, 4) is 11.5 Å². The van der Waals surface area contributed by atoms with Gasteiger partial charge in [-0.05, 0) is 121 Å². The average molecular weight is 690 g/mol. The highest BCUT2D eigenvalue weighted by Crippen LogP contribution is 2.26. The summed E-state index contributed by atoms with van der Waals surface area (Å²) in [7, 11) is 0. The maximum absolute atomic E-state index is 6.29. The Bertz CT molecular complexity index is 934. The van der Waals surface area contributed by atoms with E-state index in [-0.39, 0.29) is 0 Å². The Morgan fingerprint density at radius 2 is 0.840 bits per heavy atom. The third kappa shape index (κ3) is 26.5. The number of rotatable bonds is 34. The van der Waals surface area contributed by atoms with Gasteiger partial charge in [0.05, 0.1) is 13.2 Å². The van der Waals surface area contributed by atoms with Gasteiger partial charge in [-0.2, -0.15) is 0 Å². The first kappa shape index (κ1) is 43.9. The van der Waals surface area contributed by atoms with Crippen LogP contribution in [0.5, 0.6) is 11.5 Å². The van der Waals surface area contributed by atoms with E-state index in [9.17, 15) is 0 Å². The molecular formula is C47H79NO2. The van der Waals surface area contributed by atoms with Gasteiger partial charge < -0.3 is 9.47 Å². The second-order valence-corrected chi connectivity index (χ2v) is 14.7. The summed E-state index contributed by atoms with van der Waals surface area (Å²) in [5.74, 6) is 1.97. The summed E-state index contributed by atoms with van der Waals surface area (Å²) in [6.07, 6.45) is 51.9. The largest absolute Gasteiger partial charge is 0.493 e. The fourth-order valence-corrected chi connectivity index (χ4v) is 6.65. The van der Waals surface area contributed by atoms with Crippen LogP contribution in [-0.2, 0) is 6.54 Å². The number of ether oxygens (including phenoxy) is 2. The van der Waals surface area contributed by atoms with Gasteiger partial charge in [-0.15, -0.1) is 0 Å². The molecule has 0 atom stereocenters. The third-order valence-corrected chi connectivity index (χ3v) is 9.77. The van der Waals surface area contributed by atoms with Gasteiger partial charge in [0.15, 0.2) is 0 Å². The van der Waals surface area contributed by atoms with E-state index in [1.165, 1.54) is 160 Å². The summed E-state index contributed by atoms with van der Waals surface area (Å²) in [5, 5.41) is 0. The van der Waals surface area contributed by atoms with E-state index in [1.807, 2.05) is 0 Å². The summed E-state index contributed by atoms with van der Waals surface area (Å²) in [4.78, 5) is 2.56. The summed E-state index contributed by atoms with van der Waals surface area (Å²) in [6.45, 7) is 9.55. The van der Waals surface area contributed by atoms with Crippen LogP contribution in [0, 0.1) is 0 Å². The van der Waals surface area contributed by atoms with Crippen LogP contribution in [0.25, 0.3) is 0 Å². The summed E-state index contributed by atoms with van der Waals surface area (Å²) in [5.41, 5.74) is 1.33. The Morgan fingerprint density at radius 1 is 0.460 bits per heavy atom. The van der Waals surface area contributed by atoms with Crippen molar-refractivity contribution in [2.24, 2.45) is 0 Å². The molecule has 0 spiro atoms. The first-order valence-electron chi connectivity index (χ1n) is 21.5. The molecular weight excluding hydrogens is 611 g/mol. The Kier molecular flexibility index (Phi) is 29.7. The number of hydrogen-bond donors (Lipinski definition) is 0. The molecule has 0 aliphatic carbocycles. The van der Waals surface area contributed by atoms with Crippen molar-refractivity contribution < 1.29 is 9.47 Å². The maximum atomic E-state index is 6.29. The molecule has 1 aromatic carbocycles. The standard InChI is InChI=1S/C47H79NO2/c1-3-5-7-9-11-13-15-17-19-21-23-25-27-29-31-35-39-49-46-41-45(44-48-37-33-34-38-48)42-47(43-46)50-40-36-32-30-28-26-24-22-20-18-16-14-12-10-8-6-4-2/h11-14,17-20,41-43H,3-10,15-16,21-40,44H2,1-2H3/b13-11-,14-12-,19-17-,20-18-. The molecule has 0 unspecified atom stereocenters. The molecule has 0 saturated carbocycles. The molecule has 2 rings (SSSR count). The molecule has 1 heterocycles. The number of likely N-dealkylation sites (tertiary alicyclic amines) is 1. The second kappa shape index (κ2) is 33.9. The normalized spacial score (nSPS) is 14.0. The Balaban J connectivity index is 1.54. The van der Waals surface area contributed by atoms with Crippen molar-refractivity contribution in [2.45, 2.75) is 187 Å². The van der Waals surface area contributed by atoms with Crippen molar-refractivity contribution in [1.29, 1.82) is 0 Å². The molecule has 1 fully saturated rings.